The number of hydrogen-bond acceptors (Lipinski definition) is 3. The SMILES string of the molecule is COC(=O)c1c(C)ncc(Br)c1C(F)F. The number of carbonyl (C=O) groups excluding carboxylic acids is 1. The summed E-state index contributed by atoms with van der Waals surface area (Å²) in [5.41, 5.74) is -0.337. The topological polar surface area (TPSA) is 39.2 Å². The zero-order valence-corrected chi connectivity index (χ0v) is 9.64. The van der Waals surface area contributed by atoms with Gasteiger partial charge in [0.25, 0.3) is 6.43 Å². The maximum absolute atomic E-state index is 12.7. The lowest BCUT2D eigenvalue weighted by atomic mass is 10.1. The molecular weight excluding hydrogens is 272 g/mol. The van der Waals surface area contributed by atoms with Crippen molar-refractivity contribution in [3.63, 3.8) is 0 Å². The molecule has 0 radical (unpaired) electrons. The number of carbonyl (C=O) groups is 1. The van der Waals surface area contributed by atoms with Gasteiger partial charge in [-0.2, -0.15) is 0 Å². The quantitative estimate of drug-likeness (QED) is 0.782. The molecule has 6 heteroatoms. The Morgan fingerprint density at radius 1 is 1.60 bits per heavy atom. The van der Waals surface area contributed by atoms with Gasteiger partial charge in [-0.15, -0.1) is 0 Å². The fraction of sp³-hybridized carbons (Fsp3) is 0.333. The monoisotopic (exact) mass is 279 g/mol. The zero-order valence-electron chi connectivity index (χ0n) is 8.05. The summed E-state index contributed by atoms with van der Waals surface area (Å²) in [6.07, 6.45) is -1.52. The van der Waals surface area contributed by atoms with Crippen LogP contribution in [-0.2, 0) is 4.74 Å². The minimum absolute atomic E-state index is 0.100. The highest BCUT2D eigenvalue weighted by Gasteiger charge is 2.24. The van der Waals surface area contributed by atoms with Crippen LogP contribution >= 0.6 is 15.9 Å². The van der Waals surface area contributed by atoms with Gasteiger partial charge in [-0.1, -0.05) is 0 Å². The van der Waals surface area contributed by atoms with Gasteiger partial charge in [-0.05, 0) is 22.9 Å². The molecule has 0 bridgehead atoms. The summed E-state index contributed by atoms with van der Waals surface area (Å²) >= 11 is 2.93. The second kappa shape index (κ2) is 4.65. The van der Waals surface area contributed by atoms with E-state index in [1.54, 1.807) is 0 Å². The van der Waals surface area contributed by atoms with E-state index >= 15 is 0 Å². The molecule has 82 valence electrons. The number of halogens is 3. The molecule has 3 nitrogen and oxygen atoms in total. The molecule has 0 aromatic carbocycles. The lowest BCUT2D eigenvalue weighted by Crippen LogP contribution is -2.10. The Morgan fingerprint density at radius 2 is 2.20 bits per heavy atom. The summed E-state index contributed by atoms with van der Waals surface area (Å²) in [6, 6.07) is 0. The molecule has 1 aromatic heterocycles. The van der Waals surface area contributed by atoms with E-state index in [0.717, 1.165) is 7.11 Å². The zero-order chi connectivity index (χ0) is 11.6. The Hall–Kier alpha value is -1.04. The minimum atomic E-state index is -2.75. The van der Waals surface area contributed by atoms with Gasteiger partial charge in [-0.25, -0.2) is 13.6 Å². The van der Waals surface area contributed by atoms with Crippen LogP contribution in [0.15, 0.2) is 10.7 Å². The number of hydrogen-bond donors (Lipinski definition) is 0. The summed E-state index contributed by atoms with van der Waals surface area (Å²) in [5.74, 6) is -0.809. The average molecular weight is 280 g/mol. The number of nitrogens with zero attached hydrogens (tertiary/aromatic N) is 1. The van der Waals surface area contributed by atoms with Gasteiger partial charge in [0.2, 0.25) is 0 Å². The van der Waals surface area contributed by atoms with Gasteiger partial charge >= 0.3 is 5.97 Å². The van der Waals surface area contributed by atoms with Crippen molar-refractivity contribution in [2.24, 2.45) is 0 Å². The normalized spacial score (nSPS) is 10.5. The fourth-order valence-corrected chi connectivity index (χ4v) is 1.65. The molecule has 15 heavy (non-hydrogen) atoms. The van der Waals surface area contributed by atoms with Gasteiger partial charge in [0.15, 0.2) is 0 Å². The van der Waals surface area contributed by atoms with E-state index in [0.29, 0.717) is 0 Å². The number of aryl methyl sites for hydroxylation is 1. The number of esters is 1. The lowest BCUT2D eigenvalue weighted by molar-refractivity contribution is 0.0587. The van der Waals surface area contributed by atoms with E-state index in [1.807, 2.05) is 0 Å². The Morgan fingerprint density at radius 3 is 2.67 bits per heavy atom. The van der Waals surface area contributed by atoms with E-state index in [4.69, 9.17) is 0 Å². The summed E-state index contributed by atoms with van der Waals surface area (Å²) in [5, 5.41) is 0. The number of alkyl halides is 2. The standard InChI is InChI=1S/C9H8BrF2NO2/c1-4-6(9(14)15-2)7(8(11)12)5(10)3-13-4/h3,8H,1-2H3. The van der Waals surface area contributed by atoms with Gasteiger partial charge < -0.3 is 4.74 Å². The van der Waals surface area contributed by atoms with E-state index in [1.165, 1.54) is 13.1 Å². The molecule has 0 amide bonds. The first-order chi connectivity index (χ1) is 6.99. The second-order valence-corrected chi connectivity index (χ2v) is 3.63. The minimum Gasteiger partial charge on any atom is -0.465 e. The smallest absolute Gasteiger partial charge is 0.340 e. The molecule has 0 spiro atoms. The van der Waals surface area contributed by atoms with Crippen LogP contribution in [0.4, 0.5) is 8.78 Å². The van der Waals surface area contributed by atoms with Crippen molar-refractivity contribution in [2.75, 3.05) is 7.11 Å². The molecule has 0 unspecified atom stereocenters. The highest BCUT2D eigenvalue weighted by molar-refractivity contribution is 9.10. The summed E-state index contributed by atoms with van der Waals surface area (Å²) in [6.45, 7) is 1.48. The van der Waals surface area contributed by atoms with Crippen LogP contribution in [0.5, 0.6) is 0 Å². The summed E-state index contributed by atoms with van der Waals surface area (Å²) in [7, 11) is 1.14. The Balaban J connectivity index is 3.45. The molecular formula is C9H8BrF2NO2. The number of methoxy groups -OCH3 is 1. The predicted molar refractivity (Wildman–Crippen MR) is 53.0 cm³/mol. The van der Waals surface area contributed by atoms with Crippen molar-refractivity contribution in [1.82, 2.24) is 4.98 Å². The van der Waals surface area contributed by atoms with Crippen molar-refractivity contribution in [2.45, 2.75) is 13.3 Å². The molecule has 0 aliphatic heterocycles. The molecule has 1 heterocycles. The van der Waals surface area contributed by atoms with Crippen LogP contribution < -0.4 is 0 Å². The third-order valence-corrected chi connectivity index (χ3v) is 2.50. The van der Waals surface area contributed by atoms with E-state index in [9.17, 15) is 13.6 Å². The maximum Gasteiger partial charge on any atom is 0.340 e. The fourth-order valence-electron chi connectivity index (χ4n) is 1.17. The Labute approximate surface area is 93.6 Å². The van der Waals surface area contributed by atoms with Crippen molar-refractivity contribution in [1.29, 1.82) is 0 Å². The molecule has 0 atom stereocenters. The first-order valence-electron chi connectivity index (χ1n) is 4.00. The van der Waals surface area contributed by atoms with Crippen LogP contribution in [0.1, 0.15) is 28.0 Å². The Kier molecular flexibility index (Phi) is 3.73. The first-order valence-corrected chi connectivity index (χ1v) is 4.79. The summed E-state index contributed by atoms with van der Waals surface area (Å²) < 4.78 is 29.9. The van der Waals surface area contributed by atoms with Gasteiger partial charge in [0.05, 0.1) is 18.4 Å². The van der Waals surface area contributed by atoms with Crippen molar-refractivity contribution >= 4 is 21.9 Å². The highest BCUT2D eigenvalue weighted by atomic mass is 79.9. The van der Waals surface area contributed by atoms with E-state index < -0.39 is 12.4 Å². The van der Waals surface area contributed by atoms with Gasteiger partial charge in [-0.3, -0.25) is 4.98 Å². The Bertz CT molecular complexity index is 396. The summed E-state index contributed by atoms with van der Waals surface area (Å²) in [4.78, 5) is 15.1. The third kappa shape index (κ3) is 2.31. The van der Waals surface area contributed by atoms with Crippen LogP contribution in [0.2, 0.25) is 0 Å². The molecule has 0 saturated heterocycles. The molecule has 1 rings (SSSR count). The largest absolute Gasteiger partial charge is 0.465 e. The number of pyridine rings is 1. The van der Waals surface area contributed by atoms with Gasteiger partial charge in [0, 0.05) is 16.2 Å². The maximum atomic E-state index is 12.7. The second-order valence-electron chi connectivity index (χ2n) is 2.77. The van der Waals surface area contributed by atoms with Crippen molar-refractivity contribution in [3.8, 4) is 0 Å². The highest BCUT2D eigenvalue weighted by Crippen LogP contribution is 2.31. The average Bonchev–Trinajstić information content (AvgIpc) is 2.19. The van der Waals surface area contributed by atoms with Crippen LogP contribution in [0.3, 0.4) is 0 Å². The van der Waals surface area contributed by atoms with Crippen LogP contribution in [-0.4, -0.2) is 18.1 Å². The first kappa shape index (κ1) is 12.0. The van der Waals surface area contributed by atoms with Crippen molar-refractivity contribution in [3.05, 3.63) is 27.5 Å². The number of aromatic nitrogens is 1. The molecule has 0 N–H and O–H groups in total. The predicted octanol–water partition coefficient (Wildman–Crippen LogP) is 2.88. The number of ether oxygens (including phenoxy) is 1. The molecule has 0 fully saturated rings. The van der Waals surface area contributed by atoms with Gasteiger partial charge in [0.1, 0.15) is 0 Å². The van der Waals surface area contributed by atoms with Crippen LogP contribution in [0, 0.1) is 6.92 Å². The van der Waals surface area contributed by atoms with Crippen molar-refractivity contribution < 1.29 is 18.3 Å². The van der Waals surface area contributed by atoms with E-state index in [2.05, 4.69) is 25.7 Å². The molecule has 0 aliphatic rings. The van der Waals surface area contributed by atoms with E-state index in [-0.39, 0.29) is 21.3 Å². The third-order valence-electron chi connectivity index (χ3n) is 1.87. The molecule has 1 aromatic rings. The molecule has 0 aliphatic carbocycles. The molecule has 0 saturated carbocycles. The number of rotatable bonds is 2. The van der Waals surface area contributed by atoms with Crippen LogP contribution in [0.25, 0.3) is 0 Å². The lowest BCUT2D eigenvalue weighted by Gasteiger charge is -2.10.